The van der Waals surface area contributed by atoms with Crippen LogP contribution >= 0.6 is 0 Å². The summed E-state index contributed by atoms with van der Waals surface area (Å²) in [6.07, 6.45) is 0.350. The Balaban J connectivity index is 2.92. The van der Waals surface area contributed by atoms with Gasteiger partial charge in [-0.1, -0.05) is 26.0 Å². The monoisotopic (exact) mass is 292 g/mol. The predicted octanol–water partition coefficient (Wildman–Crippen LogP) is 3.38. The van der Waals surface area contributed by atoms with E-state index in [9.17, 15) is 4.79 Å². The highest BCUT2D eigenvalue weighted by Gasteiger charge is 2.24. The Hall–Kier alpha value is -1.55. The summed E-state index contributed by atoms with van der Waals surface area (Å²) >= 11 is 0. The van der Waals surface area contributed by atoms with Crippen molar-refractivity contribution in [3.8, 4) is 0 Å². The van der Waals surface area contributed by atoms with Gasteiger partial charge < -0.3 is 10.5 Å². The molecule has 0 heterocycles. The molecule has 0 aromatic heterocycles. The van der Waals surface area contributed by atoms with E-state index >= 15 is 0 Å². The van der Waals surface area contributed by atoms with Gasteiger partial charge in [0.05, 0.1) is 6.42 Å². The van der Waals surface area contributed by atoms with E-state index < -0.39 is 5.60 Å². The minimum absolute atomic E-state index is 0.0236. The Kier molecular flexibility index (Phi) is 6.21. The summed E-state index contributed by atoms with van der Waals surface area (Å²) in [6.45, 7) is 11.6. The van der Waals surface area contributed by atoms with Crippen molar-refractivity contribution in [2.75, 3.05) is 18.8 Å². The number of nitrogens with two attached hydrogens (primary N) is 1. The van der Waals surface area contributed by atoms with E-state index in [-0.39, 0.29) is 12.0 Å². The number of esters is 1. The van der Waals surface area contributed by atoms with E-state index in [1.165, 1.54) is 0 Å². The molecule has 1 unspecified atom stereocenters. The van der Waals surface area contributed by atoms with Gasteiger partial charge in [0.1, 0.15) is 5.60 Å². The zero-order valence-corrected chi connectivity index (χ0v) is 13.8. The summed E-state index contributed by atoms with van der Waals surface area (Å²) < 4.78 is 5.46. The maximum Gasteiger partial charge on any atom is 0.308 e. The first-order valence-corrected chi connectivity index (χ1v) is 7.58. The Morgan fingerprint density at radius 3 is 2.14 bits per heavy atom. The second-order valence-corrected chi connectivity index (χ2v) is 6.19. The normalized spacial score (nSPS) is 13.2. The maximum atomic E-state index is 12.2. The van der Waals surface area contributed by atoms with Crippen molar-refractivity contribution < 1.29 is 9.53 Å². The van der Waals surface area contributed by atoms with Crippen LogP contribution in [0.4, 0.5) is 5.69 Å². The topological polar surface area (TPSA) is 55.6 Å². The molecule has 1 rings (SSSR count). The number of anilines is 1. The predicted molar refractivity (Wildman–Crippen MR) is 87.0 cm³/mol. The number of hydrogen-bond acceptors (Lipinski definition) is 4. The second-order valence-electron chi connectivity index (χ2n) is 6.19. The van der Waals surface area contributed by atoms with Crippen LogP contribution in [0.15, 0.2) is 24.3 Å². The number of ether oxygens (including phenoxy) is 1. The first-order chi connectivity index (χ1) is 9.76. The molecule has 0 saturated heterocycles. The fourth-order valence-corrected chi connectivity index (χ4v) is 2.38. The Morgan fingerprint density at radius 1 is 1.19 bits per heavy atom. The van der Waals surface area contributed by atoms with Crippen LogP contribution in [0.1, 0.15) is 52.6 Å². The standard InChI is InChI=1S/C17H28N2O2/c1-6-19(7-2)15(12-16(20)21-17(3,4)5)13-8-10-14(18)11-9-13/h8-11,15H,6-7,12,18H2,1-5H3. The van der Waals surface area contributed by atoms with Crippen LogP contribution in [0, 0.1) is 0 Å². The van der Waals surface area contributed by atoms with Crippen molar-refractivity contribution in [1.82, 2.24) is 4.90 Å². The van der Waals surface area contributed by atoms with Crippen molar-refractivity contribution >= 4 is 11.7 Å². The number of benzene rings is 1. The first-order valence-electron chi connectivity index (χ1n) is 7.58. The minimum Gasteiger partial charge on any atom is -0.460 e. The average Bonchev–Trinajstić information content (AvgIpc) is 2.38. The van der Waals surface area contributed by atoms with E-state index in [1.54, 1.807) is 0 Å². The molecule has 1 aromatic rings. The van der Waals surface area contributed by atoms with E-state index in [0.29, 0.717) is 6.42 Å². The molecule has 21 heavy (non-hydrogen) atoms. The third-order valence-electron chi connectivity index (χ3n) is 3.35. The van der Waals surface area contributed by atoms with Gasteiger partial charge in [-0.3, -0.25) is 9.69 Å². The van der Waals surface area contributed by atoms with Crippen LogP contribution in [-0.4, -0.2) is 29.6 Å². The van der Waals surface area contributed by atoms with E-state index in [2.05, 4.69) is 18.7 Å². The van der Waals surface area contributed by atoms with E-state index in [4.69, 9.17) is 10.5 Å². The highest BCUT2D eigenvalue weighted by molar-refractivity contribution is 5.71. The highest BCUT2D eigenvalue weighted by atomic mass is 16.6. The summed E-state index contributed by atoms with van der Waals surface area (Å²) in [5.41, 5.74) is 7.12. The van der Waals surface area contributed by atoms with Crippen LogP contribution < -0.4 is 5.73 Å². The zero-order chi connectivity index (χ0) is 16.0. The second kappa shape index (κ2) is 7.46. The molecule has 0 aliphatic heterocycles. The smallest absolute Gasteiger partial charge is 0.308 e. The van der Waals surface area contributed by atoms with Gasteiger partial charge in [0, 0.05) is 11.7 Å². The van der Waals surface area contributed by atoms with Crippen LogP contribution in [0.3, 0.4) is 0 Å². The number of carbonyl (C=O) groups excluding carboxylic acids is 1. The molecule has 4 nitrogen and oxygen atoms in total. The minimum atomic E-state index is -0.452. The highest BCUT2D eigenvalue weighted by Crippen LogP contribution is 2.26. The average molecular weight is 292 g/mol. The van der Waals surface area contributed by atoms with Gasteiger partial charge in [-0.2, -0.15) is 0 Å². The molecule has 0 spiro atoms. The molecule has 0 fully saturated rings. The lowest BCUT2D eigenvalue weighted by Gasteiger charge is -2.30. The van der Waals surface area contributed by atoms with Crippen LogP contribution in [0.2, 0.25) is 0 Å². The summed E-state index contributed by atoms with van der Waals surface area (Å²) in [7, 11) is 0. The molecule has 118 valence electrons. The Morgan fingerprint density at radius 2 is 1.71 bits per heavy atom. The number of nitrogen functional groups attached to an aromatic ring is 1. The number of carbonyl (C=O) groups is 1. The van der Waals surface area contributed by atoms with Gasteiger partial charge in [-0.25, -0.2) is 0 Å². The molecule has 1 aromatic carbocycles. The van der Waals surface area contributed by atoms with Crippen LogP contribution in [0.5, 0.6) is 0 Å². The van der Waals surface area contributed by atoms with Crippen LogP contribution in [0.25, 0.3) is 0 Å². The van der Waals surface area contributed by atoms with Gasteiger partial charge in [-0.05, 0) is 51.6 Å². The van der Waals surface area contributed by atoms with E-state index in [0.717, 1.165) is 24.3 Å². The summed E-state index contributed by atoms with van der Waals surface area (Å²) in [5, 5.41) is 0. The SMILES string of the molecule is CCN(CC)C(CC(=O)OC(C)(C)C)c1ccc(N)cc1. The molecular formula is C17H28N2O2. The number of rotatable bonds is 6. The van der Waals surface area contributed by atoms with Crippen LogP contribution in [-0.2, 0) is 9.53 Å². The lowest BCUT2D eigenvalue weighted by molar-refractivity contribution is -0.156. The van der Waals surface area contributed by atoms with Gasteiger partial charge in [0.15, 0.2) is 0 Å². The molecular weight excluding hydrogens is 264 g/mol. The van der Waals surface area contributed by atoms with Gasteiger partial charge in [0.25, 0.3) is 0 Å². The Bertz CT molecular complexity index is 445. The molecule has 4 heteroatoms. The molecule has 0 aliphatic carbocycles. The van der Waals surface area contributed by atoms with Crippen molar-refractivity contribution in [3.05, 3.63) is 29.8 Å². The maximum absolute atomic E-state index is 12.2. The fraction of sp³-hybridized carbons (Fsp3) is 0.588. The molecule has 0 bridgehead atoms. The van der Waals surface area contributed by atoms with Crippen molar-refractivity contribution in [2.24, 2.45) is 0 Å². The summed E-state index contributed by atoms with van der Waals surface area (Å²) in [5.74, 6) is -0.170. The van der Waals surface area contributed by atoms with Gasteiger partial charge in [-0.15, -0.1) is 0 Å². The van der Waals surface area contributed by atoms with Crippen molar-refractivity contribution in [3.63, 3.8) is 0 Å². The lowest BCUT2D eigenvalue weighted by Crippen LogP contribution is -2.32. The Labute approximate surface area is 128 Å². The largest absolute Gasteiger partial charge is 0.460 e. The summed E-state index contributed by atoms with van der Waals surface area (Å²) in [6, 6.07) is 7.75. The molecule has 0 amide bonds. The van der Waals surface area contributed by atoms with Crippen molar-refractivity contribution in [1.29, 1.82) is 0 Å². The number of nitrogens with zero attached hydrogens (tertiary/aromatic N) is 1. The third kappa shape index (κ3) is 5.76. The number of hydrogen-bond donors (Lipinski definition) is 1. The zero-order valence-electron chi connectivity index (χ0n) is 13.8. The van der Waals surface area contributed by atoms with Gasteiger partial charge in [0.2, 0.25) is 0 Å². The lowest BCUT2D eigenvalue weighted by atomic mass is 10.0. The molecule has 0 saturated carbocycles. The summed E-state index contributed by atoms with van der Waals surface area (Å²) in [4.78, 5) is 14.4. The molecule has 2 N–H and O–H groups in total. The van der Waals surface area contributed by atoms with E-state index in [1.807, 2.05) is 45.0 Å². The van der Waals surface area contributed by atoms with Gasteiger partial charge >= 0.3 is 5.97 Å². The third-order valence-corrected chi connectivity index (χ3v) is 3.35. The molecule has 0 radical (unpaired) electrons. The molecule has 0 aliphatic rings. The molecule has 1 atom stereocenters. The quantitative estimate of drug-likeness (QED) is 0.645. The van der Waals surface area contributed by atoms with Crippen molar-refractivity contribution in [2.45, 2.75) is 52.7 Å². The fourth-order valence-electron chi connectivity index (χ4n) is 2.38. The first kappa shape index (κ1) is 17.5.